The van der Waals surface area contributed by atoms with Gasteiger partial charge < -0.3 is 0 Å². The van der Waals surface area contributed by atoms with Crippen LogP contribution in [0.4, 0.5) is 4.39 Å². The topological polar surface area (TPSA) is 0 Å². The lowest BCUT2D eigenvalue weighted by atomic mass is 10.1. The zero-order chi connectivity index (χ0) is 13.2. The Labute approximate surface area is 124 Å². The van der Waals surface area contributed by atoms with E-state index in [0.29, 0.717) is 6.42 Å². The standard InChI is InChI=1S/C16H12BrFS/c17-13(9-11-5-1-3-7-14(11)18)16-10-12-6-2-4-8-15(12)19-16/h1-8,10,13H,9H2. The van der Waals surface area contributed by atoms with Gasteiger partial charge in [0, 0.05) is 9.58 Å². The second kappa shape index (κ2) is 5.43. The molecule has 0 saturated carbocycles. The molecule has 3 rings (SSSR count). The first-order valence-corrected chi connectivity index (χ1v) is 7.83. The fourth-order valence-electron chi connectivity index (χ4n) is 2.11. The quantitative estimate of drug-likeness (QED) is 0.537. The van der Waals surface area contributed by atoms with Gasteiger partial charge >= 0.3 is 0 Å². The molecule has 0 fully saturated rings. The molecule has 0 bridgehead atoms. The first-order valence-electron chi connectivity index (χ1n) is 6.10. The molecule has 1 heterocycles. The third-order valence-corrected chi connectivity index (χ3v) is 5.46. The van der Waals surface area contributed by atoms with Crippen molar-refractivity contribution in [2.45, 2.75) is 11.2 Å². The molecule has 19 heavy (non-hydrogen) atoms. The Bertz CT molecular complexity index is 672. The summed E-state index contributed by atoms with van der Waals surface area (Å²) in [6, 6.07) is 17.5. The Morgan fingerprint density at radius 2 is 1.79 bits per heavy atom. The minimum atomic E-state index is -0.131. The van der Waals surface area contributed by atoms with Crippen LogP contribution in [0.2, 0.25) is 0 Å². The Morgan fingerprint density at radius 1 is 1.05 bits per heavy atom. The fourth-order valence-corrected chi connectivity index (χ4v) is 3.92. The van der Waals surface area contributed by atoms with Crippen LogP contribution < -0.4 is 0 Å². The van der Waals surface area contributed by atoms with E-state index in [4.69, 9.17) is 0 Å². The summed E-state index contributed by atoms with van der Waals surface area (Å²) in [6.07, 6.45) is 0.666. The average molecular weight is 335 g/mol. The van der Waals surface area contributed by atoms with Gasteiger partial charge in [-0.3, -0.25) is 0 Å². The molecule has 3 heteroatoms. The predicted octanol–water partition coefficient (Wildman–Crippen LogP) is 5.72. The van der Waals surface area contributed by atoms with Crippen LogP contribution in [-0.2, 0) is 6.42 Å². The Balaban J connectivity index is 1.87. The van der Waals surface area contributed by atoms with Crippen LogP contribution in [0.25, 0.3) is 10.1 Å². The van der Waals surface area contributed by atoms with E-state index in [0.717, 1.165) is 5.56 Å². The summed E-state index contributed by atoms with van der Waals surface area (Å²) in [5.74, 6) is -0.131. The van der Waals surface area contributed by atoms with Gasteiger partial charge in [0.15, 0.2) is 0 Å². The van der Waals surface area contributed by atoms with Gasteiger partial charge in [0.25, 0.3) is 0 Å². The monoisotopic (exact) mass is 334 g/mol. The second-order valence-corrected chi connectivity index (χ2v) is 6.67. The summed E-state index contributed by atoms with van der Waals surface area (Å²) in [5, 5.41) is 1.25. The molecule has 0 aliphatic heterocycles. The Hall–Kier alpha value is -1.19. The molecule has 1 aromatic heterocycles. The molecule has 3 aromatic rings. The maximum atomic E-state index is 13.7. The molecular weight excluding hydrogens is 323 g/mol. The van der Waals surface area contributed by atoms with Crippen LogP contribution in [-0.4, -0.2) is 0 Å². The van der Waals surface area contributed by atoms with E-state index >= 15 is 0 Å². The van der Waals surface area contributed by atoms with Crippen molar-refractivity contribution < 1.29 is 4.39 Å². The van der Waals surface area contributed by atoms with E-state index in [1.165, 1.54) is 21.0 Å². The second-order valence-electron chi connectivity index (χ2n) is 4.45. The third kappa shape index (κ3) is 2.72. The van der Waals surface area contributed by atoms with Crippen LogP contribution in [0.5, 0.6) is 0 Å². The van der Waals surface area contributed by atoms with E-state index in [-0.39, 0.29) is 10.6 Å². The Morgan fingerprint density at radius 3 is 2.58 bits per heavy atom. The Kier molecular flexibility index (Phi) is 3.67. The number of hydrogen-bond acceptors (Lipinski definition) is 1. The highest BCUT2D eigenvalue weighted by Gasteiger charge is 2.13. The molecule has 0 amide bonds. The average Bonchev–Trinajstić information content (AvgIpc) is 2.85. The first kappa shape index (κ1) is 12.8. The van der Waals surface area contributed by atoms with Gasteiger partial charge in [-0.2, -0.15) is 0 Å². The summed E-state index contributed by atoms with van der Waals surface area (Å²) >= 11 is 5.44. The summed E-state index contributed by atoms with van der Waals surface area (Å²) in [5.41, 5.74) is 0.752. The van der Waals surface area contributed by atoms with Crippen molar-refractivity contribution >= 4 is 37.4 Å². The molecule has 96 valence electrons. The SMILES string of the molecule is Fc1ccccc1CC(Br)c1cc2ccccc2s1. The predicted molar refractivity (Wildman–Crippen MR) is 83.6 cm³/mol. The van der Waals surface area contributed by atoms with Crippen molar-refractivity contribution in [2.75, 3.05) is 0 Å². The highest BCUT2D eigenvalue weighted by molar-refractivity contribution is 9.09. The minimum absolute atomic E-state index is 0.131. The fraction of sp³-hybridized carbons (Fsp3) is 0.125. The molecule has 0 radical (unpaired) electrons. The van der Waals surface area contributed by atoms with Crippen molar-refractivity contribution in [3.63, 3.8) is 0 Å². The van der Waals surface area contributed by atoms with Crippen LogP contribution in [0, 0.1) is 5.82 Å². The molecule has 0 saturated heterocycles. The van der Waals surface area contributed by atoms with Crippen LogP contribution in [0.15, 0.2) is 54.6 Å². The zero-order valence-electron chi connectivity index (χ0n) is 10.1. The van der Waals surface area contributed by atoms with E-state index in [9.17, 15) is 4.39 Å². The molecule has 0 aliphatic carbocycles. The van der Waals surface area contributed by atoms with Crippen LogP contribution >= 0.6 is 27.3 Å². The van der Waals surface area contributed by atoms with Crippen molar-refractivity contribution in [1.29, 1.82) is 0 Å². The molecule has 0 spiro atoms. The van der Waals surface area contributed by atoms with Gasteiger partial charge in [0.2, 0.25) is 0 Å². The van der Waals surface area contributed by atoms with E-state index in [2.05, 4.69) is 34.1 Å². The molecule has 2 aromatic carbocycles. The molecule has 0 aliphatic rings. The number of halogens is 2. The smallest absolute Gasteiger partial charge is 0.126 e. The van der Waals surface area contributed by atoms with Gasteiger partial charge in [0.05, 0.1) is 4.83 Å². The number of alkyl halides is 1. The summed E-state index contributed by atoms with van der Waals surface area (Å²) in [7, 11) is 0. The first-order chi connectivity index (χ1) is 9.24. The highest BCUT2D eigenvalue weighted by atomic mass is 79.9. The number of rotatable bonds is 3. The van der Waals surface area contributed by atoms with Gasteiger partial charge in [-0.25, -0.2) is 4.39 Å². The number of fused-ring (bicyclic) bond motifs is 1. The van der Waals surface area contributed by atoms with Crippen molar-refractivity contribution in [2.24, 2.45) is 0 Å². The number of thiophene rings is 1. The molecule has 0 N–H and O–H groups in total. The summed E-state index contributed by atoms with van der Waals surface area (Å²) < 4.78 is 14.9. The van der Waals surface area contributed by atoms with Crippen molar-refractivity contribution in [3.05, 3.63) is 70.9 Å². The van der Waals surface area contributed by atoms with E-state index in [1.54, 1.807) is 17.4 Å². The summed E-state index contributed by atoms with van der Waals surface area (Å²) in [4.78, 5) is 1.39. The molecule has 0 nitrogen and oxygen atoms in total. The van der Waals surface area contributed by atoms with Crippen molar-refractivity contribution in [3.8, 4) is 0 Å². The number of benzene rings is 2. The van der Waals surface area contributed by atoms with Gasteiger partial charge in [-0.1, -0.05) is 52.3 Å². The van der Waals surface area contributed by atoms with E-state index in [1.807, 2.05) is 24.3 Å². The van der Waals surface area contributed by atoms with Gasteiger partial charge in [-0.15, -0.1) is 11.3 Å². The lowest BCUT2D eigenvalue weighted by molar-refractivity contribution is 0.608. The number of hydrogen-bond donors (Lipinski definition) is 0. The third-order valence-electron chi connectivity index (χ3n) is 3.11. The highest BCUT2D eigenvalue weighted by Crippen LogP contribution is 2.36. The normalized spacial score (nSPS) is 12.7. The van der Waals surface area contributed by atoms with Gasteiger partial charge in [0.1, 0.15) is 5.82 Å². The summed E-state index contributed by atoms with van der Waals surface area (Å²) in [6.45, 7) is 0. The van der Waals surface area contributed by atoms with Crippen LogP contribution in [0.3, 0.4) is 0 Å². The maximum Gasteiger partial charge on any atom is 0.126 e. The molecule has 1 atom stereocenters. The maximum absolute atomic E-state index is 13.7. The van der Waals surface area contributed by atoms with Crippen LogP contribution in [0.1, 0.15) is 15.3 Å². The largest absolute Gasteiger partial charge is 0.207 e. The lowest BCUT2D eigenvalue weighted by Crippen LogP contribution is -1.95. The molecule has 1 unspecified atom stereocenters. The minimum Gasteiger partial charge on any atom is -0.207 e. The lowest BCUT2D eigenvalue weighted by Gasteiger charge is -2.08. The van der Waals surface area contributed by atoms with Crippen molar-refractivity contribution in [1.82, 2.24) is 0 Å². The zero-order valence-corrected chi connectivity index (χ0v) is 12.5. The molecular formula is C16H12BrFS. The van der Waals surface area contributed by atoms with E-state index < -0.39 is 0 Å². The van der Waals surface area contributed by atoms with Gasteiger partial charge in [-0.05, 0) is 35.6 Å².